The minimum absolute atomic E-state index is 0.107. The van der Waals surface area contributed by atoms with Crippen molar-refractivity contribution in [3.8, 4) is 0 Å². The van der Waals surface area contributed by atoms with Gasteiger partial charge in [0.1, 0.15) is 5.60 Å². The Morgan fingerprint density at radius 2 is 1.19 bits per heavy atom. The first kappa shape index (κ1) is 26.4. The second-order valence-electron chi connectivity index (χ2n) is 13.5. The molecule has 0 saturated carbocycles. The van der Waals surface area contributed by atoms with Gasteiger partial charge in [-0.1, -0.05) is 113 Å². The van der Waals surface area contributed by atoms with E-state index in [4.69, 9.17) is 0 Å². The second kappa shape index (κ2) is 7.87. The van der Waals surface area contributed by atoms with Crippen LogP contribution in [-0.2, 0) is 21.2 Å². The molecule has 0 bridgehead atoms. The Morgan fingerprint density at radius 1 is 0.750 bits per heavy atom. The molecule has 32 heavy (non-hydrogen) atoms. The van der Waals surface area contributed by atoms with Crippen molar-refractivity contribution in [1.29, 1.82) is 0 Å². The predicted octanol–water partition coefficient (Wildman–Crippen LogP) is 7.13. The number of aliphatic hydroxyl groups is 1. The number of aliphatic carboxylic acids is 1. The summed E-state index contributed by atoms with van der Waals surface area (Å²) >= 11 is 0. The lowest BCUT2D eigenvalue weighted by molar-refractivity contribution is -0.138. The minimum Gasteiger partial charge on any atom is -0.481 e. The lowest BCUT2D eigenvalue weighted by Gasteiger charge is -2.49. The van der Waals surface area contributed by atoms with Crippen molar-refractivity contribution in [3.63, 3.8) is 0 Å². The maximum atomic E-state index is 12.8. The fraction of sp³-hybridized carbons (Fsp3) is 0.621. The van der Waals surface area contributed by atoms with E-state index >= 15 is 0 Å². The molecule has 178 valence electrons. The van der Waals surface area contributed by atoms with Crippen LogP contribution in [0.2, 0.25) is 0 Å². The topological polar surface area (TPSA) is 57.5 Å². The van der Waals surface area contributed by atoms with E-state index in [1.165, 1.54) is 5.56 Å². The first-order chi connectivity index (χ1) is 14.1. The summed E-state index contributed by atoms with van der Waals surface area (Å²) in [6, 6.07) is 6.24. The largest absolute Gasteiger partial charge is 0.481 e. The third kappa shape index (κ3) is 4.73. The molecule has 2 N–H and O–H groups in total. The zero-order chi connectivity index (χ0) is 25.1. The lowest BCUT2D eigenvalue weighted by Crippen LogP contribution is -2.45. The Hall–Kier alpha value is -1.87. The van der Waals surface area contributed by atoms with E-state index in [1.54, 1.807) is 12.2 Å². The SMILES string of the molecule is CC(C)(C)C1=CC(C(=O)O)C=C(C(C)(C)C)C1(O)c1cccc(C(C)(C)C)c1C(C)(C)C. The molecule has 0 radical (unpaired) electrons. The average Bonchev–Trinajstić information content (AvgIpc) is 2.57. The van der Waals surface area contributed by atoms with E-state index in [2.05, 4.69) is 89.2 Å². The highest BCUT2D eigenvalue weighted by Crippen LogP contribution is 2.55. The van der Waals surface area contributed by atoms with Gasteiger partial charge in [-0.3, -0.25) is 4.79 Å². The summed E-state index contributed by atoms with van der Waals surface area (Å²) < 4.78 is 0. The molecule has 0 spiro atoms. The molecule has 0 unspecified atom stereocenters. The van der Waals surface area contributed by atoms with Gasteiger partial charge < -0.3 is 10.2 Å². The maximum Gasteiger partial charge on any atom is 0.314 e. The van der Waals surface area contributed by atoms with E-state index in [9.17, 15) is 15.0 Å². The number of carboxylic acid groups (broad SMARTS) is 1. The molecule has 0 heterocycles. The van der Waals surface area contributed by atoms with Crippen LogP contribution in [0, 0.1) is 16.7 Å². The normalized spacial score (nSPS) is 23.0. The van der Waals surface area contributed by atoms with Gasteiger partial charge in [-0.05, 0) is 49.5 Å². The van der Waals surface area contributed by atoms with Crippen molar-refractivity contribution in [1.82, 2.24) is 0 Å². The molecule has 1 aliphatic carbocycles. The standard InChI is InChI=1S/C29H44O3/c1-25(2,3)19-14-13-15-20(23(19)28(10,11)12)29(32)21(26(4,5)6)16-18(24(30)31)17-22(29)27(7,8)9/h13-18,32H,1-12H3,(H,30,31). The zero-order valence-electron chi connectivity index (χ0n) is 22.3. The Labute approximate surface area is 195 Å². The van der Waals surface area contributed by atoms with Gasteiger partial charge in [0, 0.05) is 0 Å². The Bertz CT molecular complexity index is 916. The lowest BCUT2D eigenvalue weighted by atomic mass is 9.58. The summed E-state index contributed by atoms with van der Waals surface area (Å²) in [5, 5.41) is 22.7. The van der Waals surface area contributed by atoms with Crippen molar-refractivity contribution < 1.29 is 15.0 Å². The van der Waals surface area contributed by atoms with Crippen LogP contribution in [0.3, 0.4) is 0 Å². The number of hydrogen-bond donors (Lipinski definition) is 2. The van der Waals surface area contributed by atoms with Gasteiger partial charge in [0.05, 0.1) is 5.92 Å². The summed E-state index contributed by atoms with van der Waals surface area (Å²) in [7, 11) is 0. The summed E-state index contributed by atoms with van der Waals surface area (Å²) in [6.45, 7) is 25.5. The van der Waals surface area contributed by atoms with Crippen molar-refractivity contribution in [2.24, 2.45) is 16.7 Å². The van der Waals surface area contributed by atoms with Gasteiger partial charge in [-0.25, -0.2) is 0 Å². The second-order valence-corrected chi connectivity index (χ2v) is 13.5. The van der Waals surface area contributed by atoms with E-state index in [0.717, 1.165) is 22.3 Å². The third-order valence-electron chi connectivity index (χ3n) is 6.39. The zero-order valence-corrected chi connectivity index (χ0v) is 22.3. The first-order valence-corrected chi connectivity index (χ1v) is 11.7. The number of carbonyl (C=O) groups is 1. The average molecular weight is 441 g/mol. The molecule has 1 aromatic carbocycles. The van der Waals surface area contributed by atoms with Crippen molar-refractivity contribution in [3.05, 3.63) is 58.2 Å². The van der Waals surface area contributed by atoms with Gasteiger partial charge >= 0.3 is 5.97 Å². The van der Waals surface area contributed by atoms with Crippen LogP contribution in [-0.4, -0.2) is 16.2 Å². The smallest absolute Gasteiger partial charge is 0.314 e. The minimum atomic E-state index is -1.40. The first-order valence-electron chi connectivity index (χ1n) is 11.7. The number of carboxylic acids is 1. The fourth-order valence-corrected chi connectivity index (χ4v) is 5.10. The molecule has 1 aliphatic rings. The monoisotopic (exact) mass is 440 g/mol. The van der Waals surface area contributed by atoms with Crippen LogP contribution < -0.4 is 0 Å². The van der Waals surface area contributed by atoms with E-state index in [0.29, 0.717) is 0 Å². The predicted molar refractivity (Wildman–Crippen MR) is 134 cm³/mol. The molecule has 0 saturated heterocycles. The van der Waals surface area contributed by atoms with Gasteiger partial charge in [0.15, 0.2) is 0 Å². The van der Waals surface area contributed by atoms with Crippen LogP contribution >= 0.6 is 0 Å². The summed E-state index contributed by atoms with van der Waals surface area (Å²) in [5.74, 6) is -1.65. The van der Waals surface area contributed by atoms with Gasteiger partial charge in [0.2, 0.25) is 0 Å². The molecule has 0 fully saturated rings. The molecule has 3 heteroatoms. The van der Waals surface area contributed by atoms with Crippen LogP contribution in [0.15, 0.2) is 41.5 Å². The molecular weight excluding hydrogens is 396 g/mol. The van der Waals surface area contributed by atoms with Crippen molar-refractivity contribution >= 4 is 5.97 Å². The molecule has 2 rings (SSSR count). The highest BCUT2D eigenvalue weighted by molar-refractivity contribution is 5.77. The van der Waals surface area contributed by atoms with Crippen LogP contribution in [0.4, 0.5) is 0 Å². The van der Waals surface area contributed by atoms with Crippen LogP contribution in [0.25, 0.3) is 0 Å². The number of rotatable bonds is 2. The van der Waals surface area contributed by atoms with Gasteiger partial charge in [-0.15, -0.1) is 0 Å². The van der Waals surface area contributed by atoms with Crippen LogP contribution in [0.5, 0.6) is 0 Å². The Kier molecular flexibility index (Phi) is 6.49. The third-order valence-corrected chi connectivity index (χ3v) is 6.39. The van der Waals surface area contributed by atoms with E-state index < -0.39 is 28.3 Å². The summed E-state index contributed by atoms with van der Waals surface area (Å²) in [4.78, 5) is 12.1. The summed E-state index contributed by atoms with van der Waals surface area (Å²) in [6.07, 6.45) is 3.54. The molecule has 3 nitrogen and oxygen atoms in total. The quantitative estimate of drug-likeness (QED) is 0.481. The van der Waals surface area contributed by atoms with E-state index in [1.807, 2.05) is 12.1 Å². The molecule has 0 aliphatic heterocycles. The highest BCUT2D eigenvalue weighted by Gasteiger charge is 2.51. The molecule has 0 amide bonds. The molecular formula is C29H44O3. The van der Waals surface area contributed by atoms with Crippen molar-refractivity contribution in [2.45, 2.75) is 99.5 Å². The van der Waals surface area contributed by atoms with Crippen molar-refractivity contribution in [2.75, 3.05) is 0 Å². The molecule has 0 atom stereocenters. The highest BCUT2D eigenvalue weighted by atomic mass is 16.4. The molecule has 0 aromatic heterocycles. The fourth-order valence-electron chi connectivity index (χ4n) is 5.10. The number of hydrogen-bond acceptors (Lipinski definition) is 2. The van der Waals surface area contributed by atoms with Gasteiger partial charge in [0.25, 0.3) is 0 Å². The summed E-state index contributed by atoms with van der Waals surface area (Å²) in [5.41, 5.74) is 2.12. The van der Waals surface area contributed by atoms with Gasteiger partial charge in [-0.2, -0.15) is 0 Å². The number of benzene rings is 1. The van der Waals surface area contributed by atoms with Crippen LogP contribution in [0.1, 0.15) is 99.8 Å². The molecule has 1 aromatic rings. The Morgan fingerprint density at radius 3 is 1.50 bits per heavy atom. The van der Waals surface area contributed by atoms with E-state index in [-0.39, 0.29) is 10.8 Å². The Balaban J connectivity index is 3.11. The maximum absolute atomic E-state index is 12.8.